The van der Waals surface area contributed by atoms with Gasteiger partial charge in [-0.3, -0.25) is 9.59 Å². The van der Waals surface area contributed by atoms with E-state index in [1.54, 1.807) is 0 Å². The van der Waals surface area contributed by atoms with Gasteiger partial charge in [0.2, 0.25) is 11.6 Å². The molecule has 3 aliphatic rings. The van der Waals surface area contributed by atoms with Crippen molar-refractivity contribution in [3.05, 3.63) is 139 Å². The monoisotopic (exact) mass is 552 g/mol. The Hall–Kier alpha value is -5.54. The number of carbonyl (C=O) groups is 2. The highest BCUT2D eigenvalue weighted by molar-refractivity contribution is 6.44. The summed E-state index contributed by atoms with van der Waals surface area (Å²) < 4.78 is 6.32. The first-order chi connectivity index (χ1) is 21.2. The molecule has 2 unspecified atom stereocenters. The number of allylic oxidation sites excluding steroid dienone is 4. The molecule has 1 heterocycles. The molecule has 3 nitrogen and oxygen atoms in total. The van der Waals surface area contributed by atoms with Crippen LogP contribution in [-0.2, 0) is 9.59 Å². The molecule has 0 fully saturated rings. The van der Waals surface area contributed by atoms with E-state index in [-0.39, 0.29) is 11.6 Å². The van der Waals surface area contributed by atoms with E-state index < -0.39 is 11.8 Å². The zero-order valence-electron chi connectivity index (χ0n) is 23.1. The van der Waals surface area contributed by atoms with Crippen molar-refractivity contribution in [1.29, 1.82) is 0 Å². The van der Waals surface area contributed by atoms with Crippen LogP contribution in [0, 0.1) is 11.8 Å². The minimum atomic E-state index is -0.532. The molecule has 2 bridgehead atoms. The highest BCUT2D eigenvalue weighted by atomic mass is 16.3. The van der Waals surface area contributed by atoms with Gasteiger partial charge in [0.05, 0.1) is 11.8 Å². The lowest BCUT2D eigenvalue weighted by molar-refractivity contribution is -0.139. The first kappa shape index (κ1) is 24.1. The Morgan fingerprint density at radius 2 is 1.07 bits per heavy atom. The molecule has 0 radical (unpaired) electrons. The van der Waals surface area contributed by atoms with E-state index in [0.29, 0.717) is 0 Å². The first-order valence-electron chi connectivity index (χ1n) is 14.6. The summed E-state index contributed by atoms with van der Waals surface area (Å²) in [6.07, 6.45) is 5.77. The summed E-state index contributed by atoms with van der Waals surface area (Å²) in [5, 5.41) is 6.64. The van der Waals surface area contributed by atoms with Gasteiger partial charge in [0.1, 0.15) is 11.2 Å². The Bertz CT molecular complexity index is 2330. The van der Waals surface area contributed by atoms with Crippen LogP contribution in [0.25, 0.3) is 71.3 Å². The molecule has 43 heavy (non-hydrogen) atoms. The average Bonchev–Trinajstić information content (AvgIpc) is 3.45. The second kappa shape index (κ2) is 8.98. The molecule has 202 valence electrons. The van der Waals surface area contributed by atoms with E-state index in [1.165, 1.54) is 0 Å². The maximum atomic E-state index is 13.0. The zero-order valence-corrected chi connectivity index (χ0v) is 23.1. The van der Waals surface area contributed by atoms with Crippen molar-refractivity contribution in [3.63, 3.8) is 0 Å². The highest BCUT2D eigenvalue weighted by Gasteiger charge is 2.40. The van der Waals surface area contributed by atoms with E-state index >= 15 is 0 Å². The summed E-state index contributed by atoms with van der Waals surface area (Å²) in [4.78, 5) is 25.5. The van der Waals surface area contributed by atoms with E-state index in [2.05, 4.69) is 84.9 Å². The van der Waals surface area contributed by atoms with Crippen LogP contribution in [0.4, 0.5) is 0 Å². The quantitative estimate of drug-likeness (QED) is 0.125. The number of Topliss-reactive ketones (excluding diaryl/α,β-unsaturated/α-hetero) is 2. The highest BCUT2D eigenvalue weighted by Crippen LogP contribution is 2.47. The number of carbonyl (C=O) groups excluding carboxylic acids is 2. The van der Waals surface area contributed by atoms with E-state index in [1.807, 2.05) is 48.6 Å². The minimum absolute atomic E-state index is 0.306. The van der Waals surface area contributed by atoms with Crippen LogP contribution in [0.2, 0.25) is 0 Å². The SMILES string of the molecule is O=C1C(=O)C2C=CC1C=C2c1c2ccccc2c(-c2ccc(-c3cccc4c3oc3ccccc34)cc2)c2ccccc12. The average molecular weight is 553 g/mol. The van der Waals surface area contributed by atoms with Gasteiger partial charge in [-0.15, -0.1) is 0 Å². The normalized spacial score (nSPS) is 17.9. The predicted molar refractivity (Wildman–Crippen MR) is 174 cm³/mol. The lowest BCUT2D eigenvalue weighted by Crippen LogP contribution is -2.36. The van der Waals surface area contributed by atoms with E-state index in [9.17, 15) is 9.59 Å². The van der Waals surface area contributed by atoms with Crippen LogP contribution in [-0.4, -0.2) is 11.6 Å². The van der Waals surface area contributed by atoms with Gasteiger partial charge in [0.25, 0.3) is 0 Å². The molecule has 0 saturated heterocycles. The van der Waals surface area contributed by atoms with Crippen molar-refractivity contribution in [2.75, 3.05) is 0 Å². The number of fused-ring (bicyclic) bond motifs is 6. The zero-order chi connectivity index (χ0) is 28.7. The topological polar surface area (TPSA) is 47.3 Å². The van der Waals surface area contributed by atoms with Crippen molar-refractivity contribution >= 4 is 60.6 Å². The van der Waals surface area contributed by atoms with Crippen LogP contribution in [0.1, 0.15) is 5.56 Å². The Morgan fingerprint density at radius 3 is 1.74 bits per heavy atom. The fourth-order valence-corrected chi connectivity index (χ4v) is 7.18. The van der Waals surface area contributed by atoms with Gasteiger partial charge in [0, 0.05) is 16.3 Å². The second-order valence-electron chi connectivity index (χ2n) is 11.4. The molecule has 0 saturated carbocycles. The molecule has 6 aromatic carbocycles. The van der Waals surface area contributed by atoms with Gasteiger partial charge in [-0.25, -0.2) is 0 Å². The molecule has 10 rings (SSSR count). The largest absolute Gasteiger partial charge is 0.455 e. The molecule has 3 aliphatic carbocycles. The van der Waals surface area contributed by atoms with Crippen molar-refractivity contribution in [2.45, 2.75) is 0 Å². The third-order valence-electron chi connectivity index (χ3n) is 9.14. The molecule has 0 aliphatic heterocycles. The number of ketones is 2. The molecular weight excluding hydrogens is 528 g/mol. The first-order valence-corrected chi connectivity index (χ1v) is 14.6. The Balaban J connectivity index is 1.24. The van der Waals surface area contributed by atoms with Gasteiger partial charge >= 0.3 is 0 Å². The van der Waals surface area contributed by atoms with Crippen molar-refractivity contribution < 1.29 is 14.0 Å². The molecule has 2 atom stereocenters. The van der Waals surface area contributed by atoms with Crippen molar-refractivity contribution in [3.8, 4) is 22.3 Å². The maximum absolute atomic E-state index is 13.0. The Morgan fingerprint density at radius 1 is 0.488 bits per heavy atom. The summed E-state index contributed by atoms with van der Waals surface area (Å²) in [7, 11) is 0. The van der Waals surface area contributed by atoms with E-state index in [0.717, 1.165) is 76.9 Å². The van der Waals surface area contributed by atoms with Crippen LogP contribution in [0.3, 0.4) is 0 Å². The molecule has 0 spiro atoms. The second-order valence-corrected chi connectivity index (χ2v) is 11.4. The summed E-state index contributed by atoms with van der Waals surface area (Å²) in [6, 6.07) is 40.0. The van der Waals surface area contributed by atoms with Crippen LogP contribution in [0.15, 0.2) is 138 Å². The number of benzene rings is 6. The van der Waals surface area contributed by atoms with Crippen LogP contribution >= 0.6 is 0 Å². The number of para-hydroxylation sites is 2. The van der Waals surface area contributed by atoms with Gasteiger partial charge in [-0.2, -0.15) is 0 Å². The molecular formula is C40H24O3. The molecule has 0 amide bonds. The summed E-state index contributed by atoms with van der Waals surface area (Å²) in [5.74, 6) is -1.62. The fourth-order valence-electron chi connectivity index (χ4n) is 7.18. The third-order valence-corrected chi connectivity index (χ3v) is 9.14. The molecule has 3 heteroatoms. The molecule has 0 N–H and O–H groups in total. The molecule has 1 aromatic heterocycles. The Labute approximate surface area is 247 Å². The predicted octanol–water partition coefficient (Wildman–Crippen LogP) is 9.56. The standard InChI is InChI=1S/C40H24O3/c41-38-25-20-21-32(39(38)42)34(22-25)37-30-11-3-1-9-28(30)36(29-10-2-4-12-31(29)37)24-18-16-23(17-19-24)26-13-7-14-33-27-8-5-6-15-35(27)43-40(26)33/h1-22,25,32H. The lowest BCUT2D eigenvalue weighted by atomic mass is 9.71. The summed E-state index contributed by atoms with van der Waals surface area (Å²) in [6.45, 7) is 0. The number of hydrogen-bond donors (Lipinski definition) is 0. The summed E-state index contributed by atoms with van der Waals surface area (Å²) >= 11 is 0. The van der Waals surface area contributed by atoms with E-state index in [4.69, 9.17) is 4.42 Å². The van der Waals surface area contributed by atoms with Gasteiger partial charge < -0.3 is 4.42 Å². The lowest BCUT2D eigenvalue weighted by Gasteiger charge is -2.30. The number of furan rings is 1. The smallest absolute Gasteiger partial charge is 0.210 e. The van der Waals surface area contributed by atoms with Crippen LogP contribution in [0.5, 0.6) is 0 Å². The Kier molecular flexibility index (Phi) is 5.03. The molecule has 7 aromatic rings. The van der Waals surface area contributed by atoms with Gasteiger partial charge in [-0.1, -0.05) is 127 Å². The van der Waals surface area contributed by atoms with Gasteiger partial charge in [-0.05, 0) is 55.4 Å². The number of hydrogen-bond acceptors (Lipinski definition) is 3. The van der Waals surface area contributed by atoms with Crippen molar-refractivity contribution in [1.82, 2.24) is 0 Å². The minimum Gasteiger partial charge on any atom is -0.455 e. The van der Waals surface area contributed by atoms with Crippen LogP contribution < -0.4 is 0 Å². The number of rotatable bonds is 3. The summed E-state index contributed by atoms with van der Waals surface area (Å²) in [5.41, 5.74) is 8.20. The fraction of sp³-hybridized carbons (Fsp3) is 0.0500. The maximum Gasteiger partial charge on any atom is 0.210 e. The van der Waals surface area contributed by atoms with Gasteiger partial charge in [0.15, 0.2) is 0 Å². The van der Waals surface area contributed by atoms with Crippen molar-refractivity contribution in [2.24, 2.45) is 11.8 Å². The third kappa shape index (κ3) is 3.42.